The van der Waals surface area contributed by atoms with Gasteiger partial charge in [-0.15, -0.1) is 0 Å². The summed E-state index contributed by atoms with van der Waals surface area (Å²) in [6.07, 6.45) is 1.30. The van der Waals surface area contributed by atoms with Gasteiger partial charge in [0.05, 0.1) is 16.4 Å². The summed E-state index contributed by atoms with van der Waals surface area (Å²) >= 11 is 0. The van der Waals surface area contributed by atoms with Crippen molar-refractivity contribution < 1.29 is 24.0 Å². The molecule has 0 radical (unpaired) electrons. The van der Waals surface area contributed by atoms with E-state index >= 15 is 0 Å². The molecule has 1 aliphatic rings. The van der Waals surface area contributed by atoms with E-state index in [-0.39, 0.29) is 35.9 Å². The highest BCUT2D eigenvalue weighted by Crippen LogP contribution is 2.23. The zero-order chi connectivity index (χ0) is 18.6. The highest BCUT2D eigenvalue weighted by Gasteiger charge is 2.28. The molecule has 0 bridgehead atoms. The fraction of sp³-hybridized carbons (Fsp3) is 0.438. The summed E-state index contributed by atoms with van der Waals surface area (Å²) in [5.41, 5.74) is 4.95. The Morgan fingerprint density at radius 1 is 1.40 bits per heavy atom. The Kier molecular flexibility index (Phi) is 5.68. The van der Waals surface area contributed by atoms with Crippen LogP contribution in [0, 0.1) is 16.0 Å². The Morgan fingerprint density at radius 3 is 2.72 bits per heavy atom. The van der Waals surface area contributed by atoms with Crippen LogP contribution in [0.2, 0.25) is 0 Å². The molecule has 25 heavy (non-hydrogen) atoms. The first kappa shape index (κ1) is 18.4. The van der Waals surface area contributed by atoms with Crippen LogP contribution in [0.15, 0.2) is 18.2 Å². The molecule has 0 saturated carbocycles. The van der Waals surface area contributed by atoms with Gasteiger partial charge in [0.15, 0.2) is 0 Å². The molecule has 0 spiro atoms. The van der Waals surface area contributed by atoms with Crippen LogP contribution in [0.5, 0.6) is 0 Å². The van der Waals surface area contributed by atoms with Gasteiger partial charge in [-0.2, -0.15) is 0 Å². The Hall–Kier alpha value is -2.97. The highest BCUT2D eigenvalue weighted by atomic mass is 16.6. The van der Waals surface area contributed by atoms with Gasteiger partial charge in [-0.3, -0.25) is 24.5 Å². The van der Waals surface area contributed by atoms with E-state index in [9.17, 15) is 24.5 Å². The van der Waals surface area contributed by atoms with Crippen LogP contribution in [0.4, 0.5) is 5.69 Å². The molecule has 1 aromatic carbocycles. The van der Waals surface area contributed by atoms with E-state index < -0.39 is 22.7 Å². The van der Waals surface area contributed by atoms with E-state index in [1.807, 2.05) is 0 Å². The van der Waals surface area contributed by atoms with E-state index in [1.165, 1.54) is 19.1 Å². The van der Waals surface area contributed by atoms with Crippen molar-refractivity contribution in [3.05, 3.63) is 39.4 Å². The van der Waals surface area contributed by atoms with Gasteiger partial charge >= 0.3 is 5.97 Å². The molecule has 1 aliphatic heterocycles. The molecule has 1 fully saturated rings. The van der Waals surface area contributed by atoms with Gasteiger partial charge in [0, 0.05) is 31.6 Å². The van der Waals surface area contributed by atoms with Crippen LogP contribution in [0.3, 0.4) is 0 Å². The van der Waals surface area contributed by atoms with Crippen LogP contribution >= 0.6 is 0 Å². The predicted molar refractivity (Wildman–Crippen MR) is 86.4 cm³/mol. The summed E-state index contributed by atoms with van der Waals surface area (Å²) in [5.74, 6) is -1.82. The Morgan fingerprint density at radius 2 is 2.12 bits per heavy atom. The monoisotopic (exact) mass is 349 g/mol. The minimum Gasteiger partial charge on any atom is -0.460 e. The number of hydrogen-bond acceptors (Lipinski definition) is 6. The second-order valence-electron chi connectivity index (χ2n) is 5.88. The van der Waals surface area contributed by atoms with Crippen molar-refractivity contribution in [2.24, 2.45) is 11.7 Å². The quantitative estimate of drug-likeness (QED) is 0.479. The molecule has 0 aliphatic carbocycles. The fourth-order valence-electron chi connectivity index (χ4n) is 2.73. The van der Waals surface area contributed by atoms with Gasteiger partial charge in [0.1, 0.15) is 6.61 Å². The predicted octanol–water partition coefficient (Wildman–Crippen LogP) is 0.995. The summed E-state index contributed by atoms with van der Waals surface area (Å²) in [5, 5.41) is 11.1. The number of nitrogens with zero attached hydrogens (tertiary/aromatic N) is 2. The van der Waals surface area contributed by atoms with Gasteiger partial charge in [0.25, 0.3) is 5.69 Å². The molecular weight excluding hydrogens is 330 g/mol. The van der Waals surface area contributed by atoms with Crippen LogP contribution < -0.4 is 5.73 Å². The van der Waals surface area contributed by atoms with Crippen LogP contribution in [0.25, 0.3) is 0 Å². The molecule has 1 aromatic rings. The van der Waals surface area contributed by atoms with Crippen molar-refractivity contribution in [3.8, 4) is 0 Å². The number of nitro benzene ring substituents is 1. The van der Waals surface area contributed by atoms with Gasteiger partial charge in [0.2, 0.25) is 11.8 Å². The van der Waals surface area contributed by atoms with Gasteiger partial charge < -0.3 is 15.4 Å². The van der Waals surface area contributed by atoms with Crippen molar-refractivity contribution in [3.63, 3.8) is 0 Å². The van der Waals surface area contributed by atoms with E-state index in [0.717, 1.165) is 6.07 Å². The number of hydrogen-bond donors (Lipinski definition) is 1. The standard InChI is InChI=1S/C16H19N3O6/c1-10(20)18-6-2-3-12(8-18)16(22)25-9-13-5-4-11(15(17)21)7-14(13)19(23)24/h4-5,7,12H,2-3,6,8-9H2,1H3,(H2,17,21)/t12-/m0/s1. The number of carbonyl (C=O) groups is 3. The first-order valence-electron chi connectivity index (χ1n) is 7.79. The molecule has 2 N–H and O–H groups in total. The minimum atomic E-state index is -0.779. The Balaban J connectivity index is 2.05. The first-order chi connectivity index (χ1) is 11.8. The molecule has 0 unspecified atom stereocenters. The maximum atomic E-state index is 12.2. The zero-order valence-electron chi connectivity index (χ0n) is 13.8. The third kappa shape index (κ3) is 4.52. The van der Waals surface area contributed by atoms with E-state index in [2.05, 4.69) is 0 Å². The number of piperidine rings is 1. The van der Waals surface area contributed by atoms with Crippen molar-refractivity contribution in [2.45, 2.75) is 26.4 Å². The van der Waals surface area contributed by atoms with E-state index in [1.54, 1.807) is 4.90 Å². The molecule has 1 atom stereocenters. The van der Waals surface area contributed by atoms with Crippen molar-refractivity contribution >= 4 is 23.5 Å². The second-order valence-corrected chi connectivity index (χ2v) is 5.88. The molecule has 9 heteroatoms. The average Bonchev–Trinajstić information content (AvgIpc) is 2.59. The Labute approximate surface area is 143 Å². The largest absolute Gasteiger partial charge is 0.460 e. The summed E-state index contributed by atoms with van der Waals surface area (Å²) in [6.45, 7) is 2.05. The number of nitro groups is 1. The Bertz CT molecular complexity index is 718. The number of likely N-dealkylation sites (tertiary alicyclic amines) is 1. The summed E-state index contributed by atoms with van der Waals surface area (Å²) in [6, 6.07) is 3.74. The van der Waals surface area contributed by atoms with Crippen LogP contribution in [0.1, 0.15) is 35.7 Å². The second kappa shape index (κ2) is 7.73. The molecule has 134 valence electrons. The maximum absolute atomic E-state index is 12.2. The zero-order valence-corrected chi connectivity index (χ0v) is 13.8. The molecule has 1 saturated heterocycles. The third-order valence-corrected chi connectivity index (χ3v) is 4.14. The number of benzene rings is 1. The molecule has 9 nitrogen and oxygen atoms in total. The molecule has 2 rings (SSSR count). The topological polar surface area (TPSA) is 133 Å². The number of esters is 1. The molecule has 2 amide bonds. The normalized spacial score (nSPS) is 17.0. The van der Waals surface area contributed by atoms with Crippen LogP contribution in [-0.2, 0) is 20.9 Å². The third-order valence-electron chi connectivity index (χ3n) is 4.14. The lowest BCUT2D eigenvalue weighted by atomic mass is 9.98. The summed E-state index contributed by atoms with van der Waals surface area (Å²) < 4.78 is 5.19. The maximum Gasteiger partial charge on any atom is 0.311 e. The number of primary amides is 1. The van der Waals surface area contributed by atoms with Gasteiger partial charge in [-0.1, -0.05) is 0 Å². The van der Waals surface area contributed by atoms with Gasteiger partial charge in [-0.25, -0.2) is 0 Å². The summed E-state index contributed by atoms with van der Waals surface area (Å²) in [4.78, 5) is 46.8. The number of carbonyl (C=O) groups excluding carboxylic acids is 3. The average molecular weight is 349 g/mol. The smallest absolute Gasteiger partial charge is 0.311 e. The fourth-order valence-corrected chi connectivity index (χ4v) is 2.73. The molecule has 0 aromatic heterocycles. The first-order valence-corrected chi connectivity index (χ1v) is 7.79. The van der Waals surface area contributed by atoms with Crippen molar-refractivity contribution in [2.75, 3.05) is 13.1 Å². The van der Waals surface area contributed by atoms with Crippen molar-refractivity contribution in [1.29, 1.82) is 0 Å². The van der Waals surface area contributed by atoms with Crippen LogP contribution in [-0.4, -0.2) is 40.7 Å². The van der Waals surface area contributed by atoms with E-state index in [4.69, 9.17) is 10.5 Å². The lowest BCUT2D eigenvalue weighted by Crippen LogP contribution is -2.41. The minimum absolute atomic E-state index is 0.00570. The number of ether oxygens (including phenoxy) is 1. The SMILES string of the molecule is CC(=O)N1CCC[C@H](C(=O)OCc2ccc(C(N)=O)cc2[N+](=O)[O-])C1. The van der Waals surface area contributed by atoms with Crippen molar-refractivity contribution in [1.82, 2.24) is 4.90 Å². The number of nitrogens with two attached hydrogens (primary N) is 1. The highest BCUT2D eigenvalue weighted by molar-refractivity contribution is 5.93. The molecular formula is C16H19N3O6. The van der Waals surface area contributed by atoms with Gasteiger partial charge in [-0.05, 0) is 25.0 Å². The van der Waals surface area contributed by atoms with E-state index in [0.29, 0.717) is 19.4 Å². The lowest BCUT2D eigenvalue weighted by Gasteiger charge is -2.30. The molecule has 1 heterocycles. The number of rotatable bonds is 5. The lowest BCUT2D eigenvalue weighted by molar-refractivity contribution is -0.385. The summed E-state index contributed by atoms with van der Waals surface area (Å²) in [7, 11) is 0. The number of amides is 2.